The van der Waals surface area contributed by atoms with Crippen molar-refractivity contribution in [3.8, 4) is 5.75 Å². The average Bonchev–Trinajstić information content (AvgIpc) is 2.39. The summed E-state index contributed by atoms with van der Waals surface area (Å²) in [5.74, 6) is 1.37. The van der Waals surface area contributed by atoms with Crippen LogP contribution in [-0.2, 0) is 0 Å². The van der Waals surface area contributed by atoms with Gasteiger partial charge in [-0.05, 0) is 49.6 Å². The molecule has 1 rings (SSSR count). The van der Waals surface area contributed by atoms with Gasteiger partial charge in [-0.15, -0.1) is 0 Å². The third-order valence-corrected chi connectivity index (χ3v) is 2.75. The Morgan fingerprint density at radius 2 is 2.00 bits per heavy atom. The van der Waals surface area contributed by atoms with Crippen LogP contribution in [0.4, 0.5) is 0 Å². The minimum atomic E-state index is -0.0674. The number of ether oxygens (including phenoxy) is 1. The van der Waals surface area contributed by atoms with Crippen molar-refractivity contribution in [2.24, 2.45) is 11.7 Å². The number of nitrogens with one attached hydrogen (secondary N) is 1. The number of benzene rings is 1. The number of carbonyl (C=O) groups is 1. The van der Waals surface area contributed by atoms with E-state index in [4.69, 9.17) is 10.5 Å². The van der Waals surface area contributed by atoms with Crippen LogP contribution in [0, 0.1) is 5.92 Å². The van der Waals surface area contributed by atoms with Crippen molar-refractivity contribution in [3.05, 3.63) is 29.8 Å². The Kier molecular flexibility index (Phi) is 6.97. The van der Waals surface area contributed by atoms with Gasteiger partial charge >= 0.3 is 0 Å². The molecular formula is C15H24N2O2. The van der Waals surface area contributed by atoms with Gasteiger partial charge in [-0.2, -0.15) is 0 Å². The second kappa shape index (κ2) is 8.53. The smallest absolute Gasteiger partial charge is 0.251 e. The zero-order valence-electron chi connectivity index (χ0n) is 11.8. The van der Waals surface area contributed by atoms with Crippen molar-refractivity contribution in [3.63, 3.8) is 0 Å². The lowest BCUT2D eigenvalue weighted by molar-refractivity contribution is 0.0953. The molecule has 1 aromatic rings. The minimum absolute atomic E-state index is 0.0674. The molecule has 0 aromatic heterocycles. The first-order valence-electron chi connectivity index (χ1n) is 6.84. The van der Waals surface area contributed by atoms with E-state index < -0.39 is 0 Å². The molecular weight excluding hydrogens is 240 g/mol. The monoisotopic (exact) mass is 264 g/mol. The van der Waals surface area contributed by atoms with Gasteiger partial charge in [-0.1, -0.05) is 13.8 Å². The normalized spacial score (nSPS) is 10.5. The molecule has 0 bridgehead atoms. The maximum atomic E-state index is 11.7. The lowest BCUT2D eigenvalue weighted by atomic mass is 10.1. The standard InChI is InChI=1S/C15H24N2O2/c1-12(2)8-11-19-14-6-4-13(5-7-14)15(18)17-10-3-9-16/h4-7,12H,3,8-11,16H2,1-2H3,(H,17,18). The van der Waals surface area contributed by atoms with E-state index in [0.29, 0.717) is 31.2 Å². The number of hydrogen-bond donors (Lipinski definition) is 2. The summed E-state index contributed by atoms with van der Waals surface area (Å²) in [6.07, 6.45) is 1.82. The molecule has 0 saturated carbocycles. The highest BCUT2D eigenvalue weighted by Gasteiger charge is 2.04. The Hall–Kier alpha value is -1.55. The lowest BCUT2D eigenvalue weighted by Crippen LogP contribution is -2.25. The first kappa shape index (κ1) is 15.5. The Balaban J connectivity index is 2.40. The van der Waals surface area contributed by atoms with E-state index in [9.17, 15) is 4.79 Å². The predicted octanol–water partition coefficient (Wildman–Crippen LogP) is 2.19. The van der Waals surface area contributed by atoms with Gasteiger partial charge in [0.2, 0.25) is 0 Å². The quantitative estimate of drug-likeness (QED) is 0.707. The summed E-state index contributed by atoms with van der Waals surface area (Å²) in [5, 5.41) is 2.82. The molecule has 0 radical (unpaired) electrons. The van der Waals surface area contributed by atoms with Gasteiger partial charge in [0, 0.05) is 12.1 Å². The minimum Gasteiger partial charge on any atom is -0.494 e. The summed E-state index contributed by atoms with van der Waals surface area (Å²) < 4.78 is 5.60. The summed E-state index contributed by atoms with van der Waals surface area (Å²) >= 11 is 0. The SMILES string of the molecule is CC(C)CCOc1ccc(C(=O)NCCCN)cc1. The van der Waals surface area contributed by atoms with E-state index in [1.807, 2.05) is 12.1 Å². The van der Waals surface area contributed by atoms with E-state index in [1.165, 1.54) is 0 Å². The molecule has 0 unspecified atom stereocenters. The van der Waals surface area contributed by atoms with E-state index in [1.54, 1.807) is 12.1 Å². The molecule has 0 saturated heterocycles. The third-order valence-electron chi connectivity index (χ3n) is 2.75. The van der Waals surface area contributed by atoms with Crippen molar-refractivity contribution in [2.75, 3.05) is 19.7 Å². The molecule has 0 aliphatic heterocycles. The molecule has 1 aromatic carbocycles. The van der Waals surface area contributed by atoms with Crippen LogP contribution in [0.15, 0.2) is 24.3 Å². The van der Waals surface area contributed by atoms with Crippen LogP contribution in [0.1, 0.15) is 37.0 Å². The molecule has 1 amide bonds. The Labute approximate surface area is 115 Å². The molecule has 3 N–H and O–H groups in total. The summed E-state index contributed by atoms with van der Waals surface area (Å²) in [7, 11) is 0. The maximum absolute atomic E-state index is 11.7. The predicted molar refractivity (Wildman–Crippen MR) is 77.4 cm³/mol. The van der Waals surface area contributed by atoms with Crippen LogP contribution in [-0.4, -0.2) is 25.6 Å². The average molecular weight is 264 g/mol. The second-order valence-corrected chi connectivity index (χ2v) is 4.95. The van der Waals surface area contributed by atoms with Crippen molar-refractivity contribution in [1.29, 1.82) is 0 Å². The number of carbonyl (C=O) groups excluding carboxylic acids is 1. The fourth-order valence-corrected chi connectivity index (χ4v) is 1.52. The molecule has 0 aliphatic rings. The van der Waals surface area contributed by atoms with E-state index >= 15 is 0 Å². The fraction of sp³-hybridized carbons (Fsp3) is 0.533. The largest absolute Gasteiger partial charge is 0.494 e. The Morgan fingerprint density at radius 1 is 1.32 bits per heavy atom. The van der Waals surface area contributed by atoms with Crippen molar-refractivity contribution >= 4 is 5.91 Å². The van der Waals surface area contributed by atoms with Crippen LogP contribution in [0.3, 0.4) is 0 Å². The van der Waals surface area contributed by atoms with Gasteiger partial charge < -0.3 is 15.8 Å². The van der Waals surface area contributed by atoms with Gasteiger partial charge in [0.15, 0.2) is 0 Å². The number of amides is 1. The van der Waals surface area contributed by atoms with Crippen LogP contribution in [0.5, 0.6) is 5.75 Å². The summed E-state index contributed by atoms with van der Waals surface area (Å²) in [4.78, 5) is 11.7. The highest BCUT2D eigenvalue weighted by atomic mass is 16.5. The molecule has 106 valence electrons. The van der Waals surface area contributed by atoms with E-state index in [-0.39, 0.29) is 5.91 Å². The summed E-state index contributed by atoms with van der Waals surface area (Å²) in [5.41, 5.74) is 6.02. The van der Waals surface area contributed by atoms with Crippen molar-refractivity contribution < 1.29 is 9.53 Å². The maximum Gasteiger partial charge on any atom is 0.251 e. The molecule has 4 heteroatoms. The van der Waals surface area contributed by atoms with Crippen molar-refractivity contribution in [1.82, 2.24) is 5.32 Å². The zero-order chi connectivity index (χ0) is 14.1. The van der Waals surface area contributed by atoms with Crippen LogP contribution in [0.25, 0.3) is 0 Å². The first-order chi connectivity index (χ1) is 9.13. The first-order valence-corrected chi connectivity index (χ1v) is 6.84. The highest BCUT2D eigenvalue weighted by Crippen LogP contribution is 2.13. The van der Waals surface area contributed by atoms with E-state index in [2.05, 4.69) is 19.2 Å². The molecule has 0 aliphatic carbocycles. The molecule has 0 spiro atoms. The summed E-state index contributed by atoms with van der Waals surface area (Å²) in [6.45, 7) is 6.24. The van der Waals surface area contributed by atoms with E-state index in [0.717, 1.165) is 18.6 Å². The molecule has 0 heterocycles. The van der Waals surface area contributed by atoms with Crippen molar-refractivity contribution in [2.45, 2.75) is 26.7 Å². The highest BCUT2D eigenvalue weighted by molar-refractivity contribution is 5.94. The van der Waals surface area contributed by atoms with Gasteiger partial charge in [-0.3, -0.25) is 4.79 Å². The zero-order valence-corrected chi connectivity index (χ0v) is 11.8. The number of nitrogens with two attached hydrogens (primary N) is 1. The fourth-order valence-electron chi connectivity index (χ4n) is 1.52. The second-order valence-electron chi connectivity index (χ2n) is 4.95. The summed E-state index contributed by atoms with van der Waals surface area (Å²) in [6, 6.07) is 7.22. The van der Waals surface area contributed by atoms with Gasteiger partial charge in [-0.25, -0.2) is 0 Å². The lowest BCUT2D eigenvalue weighted by Gasteiger charge is -2.09. The number of hydrogen-bond acceptors (Lipinski definition) is 3. The Bertz CT molecular complexity index is 374. The Morgan fingerprint density at radius 3 is 2.58 bits per heavy atom. The van der Waals surface area contributed by atoms with Gasteiger partial charge in [0.05, 0.1) is 6.61 Å². The van der Waals surface area contributed by atoms with Crippen LogP contribution in [0.2, 0.25) is 0 Å². The number of rotatable bonds is 8. The van der Waals surface area contributed by atoms with Gasteiger partial charge in [0.25, 0.3) is 5.91 Å². The van der Waals surface area contributed by atoms with Gasteiger partial charge in [0.1, 0.15) is 5.75 Å². The molecule has 0 atom stereocenters. The molecule has 0 fully saturated rings. The van der Waals surface area contributed by atoms with Crippen LogP contribution >= 0.6 is 0 Å². The third kappa shape index (κ3) is 6.25. The van der Waals surface area contributed by atoms with Crippen LogP contribution < -0.4 is 15.8 Å². The molecule has 19 heavy (non-hydrogen) atoms. The topological polar surface area (TPSA) is 64.3 Å². The molecule has 4 nitrogen and oxygen atoms in total.